The maximum Gasteiger partial charge on any atom is 0.407 e. The lowest BCUT2D eigenvalue weighted by molar-refractivity contribution is 0.0182. The van der Waals surface area contributed by atoms with Crippen LogP contribution in [0.15, 0.2) is 42.5 Å². The highest BCUT2D eigenvalue weighted by molar-refractivity contribution is 6.30. The van der Waals surface area contributed by atoms with Crippen molar-refractivity contribution in [1.29, 1.82) is 0 Å². The van der Waals surface area contributed by atoms with Crippen LogP contribution in [-0.4, -0.2) is 33.9 Å². The average molecular weight is 351 g/mol. The number of carbonyl (C=O) groups excluding carboxylic acids is 1. The number of ether oxygens (including phenoxy) is 1. The quantitative estimate of drug-likeness (QED) is 0.696. The van der Waals surface area contributed by atoms with Gasteiger partial charge in [-0.05, 0) is 18.6 Å². The van der Waals surface area contributed by atoms with Crippen LogP contribution in [0.25, 0.3) is 0 Å². The van der Waals surface area contributed by atoms with E-state index in [2.05, 4.69) is 10.3 Å². The smallest absolute Gasteiger partial charge is 0.407 e. The van der Waals surface area contributed by atoms with E-state index in [0.717, 1.165) is 5.56 Å². The number of pyridine rings is 1. The van der Waals surface area contributed by atoms with Crippen molar-refractivity contribution >= 4 is 17.7 Å². The molecule has 7 heteroatoms. The molecular formula is C17H19ClN2O4. The summed E-state index contributed by atoms with van der Waals surface area (Å²) in [5.41, 5.74) is 1.85. The zero-order valence-corrected chi connectivity index (χ0v) is 13.9. The topological polar surface area (TPSA) is 91.7 Å². The van der Waals surface area contributed by atoms with Gasteiger partial charge in [0.05, 0.1) is 0 Å². The second kappa shape index (κ2) is 8.63. The van der Waals surface area contributed by atoms with Crippen molar-refractivity contribution in [2.75, 3.05) is 6.54 Å². The molecule has 1 aromatic carbocycles. The molecule has 0 bridgehead atoms. The number of rotatable bonds is 6. The summed E-state index contributed by atoms with van der Waals surface area (Å²) in [6.07, 6.45) is -3.19. The SMILES string of the molecule is Cc1ccc(C(O)C(O)CNC(=O)OCc2ccccc2)c(Cl)n1. The van der Waals surface area contributed by atoms with Crippen LogP contribution in [0.5, 0.6) is 0 Å². The summed E-state index contributed by atoms with van der Waals surface area (Å²) in [5.74, 6) is 0. The van der Waals surface area contributed by atoms with Gasteiger partial charge in [-0.1, -0.05) is 48.0 Å². The van der Waals surface area contributed by atoms with Crippen molar-refractivity contribution in [1.82, 2.24) is 10.3 Å². The van der Waals surface area contributed by atoms with Gasteiger partial charge >= 0.3 is 6.09 Å². The Morgan fingerprint density at radius 3 is 2.62 bits per heavy atom. The van der Waals surface area contributed by atoms with Crippen LogP contribution in [0.3, 0.4) is 0 Å². The fourth-order valence-corrected chi connectivity index (χ4v) is 2.35. The van der Waals surface area contributed by atoms with Crippen LogP contribution in [0.4, 0.5) is 4.79 Å². The number of aromatic nitrogens is 1. The average Bonchev–Trinajstić information content (AvgIpc) is 2.58. The van der Waals surface area contributed by atoms with Gasteiger partial charge in [-0.25, -0.2) is 9.78 Å². The highest BCUT2D eigenvalue weighted by Gasteiger charge is 2.22. The van der Waals surface area contributed by atoms with E-state index in [1.165, 1.54) is 0 Å². The zero-order chi connectivity index (χ0) is 17.5. The van der Waals surface area contributed by atoms with Gasteiger partial charge in [-0.3, -0.25) is 0 Å². The normalized spacial score (nSPS) is 13.2. The van der Waals surface area contributed by atoms with Gasteiger partial charge in [0, 0.05) is 17.8 Å². The molecule has 2 rings (SSSR count). The number of hydrogen-bond acceptors (Lipinski definition) is 5. The maximum atomic E-state index is 11.6. The summed E-state index contributed by atoms with van der Waals surface area (Å²) >= 11 is 5.95. The Hall–Kier alpha value is -2.15. The highest BCUT2D eigenvalue weighted by Crippen LogP contribution is 2.23. The Labute approximate surface area is 145 Å². The standard InChI is InChI=1S/C17H19ClN2O4/c1-11-7-8-13(16(18)20-11)15(22)14(21)9-19-17(23)24-10-12-5-3-2-4-6-12/h2-8,14-15,21-22H,9-10H2,1H3,(H,19,23). The first-order valence-corrected chi connectivity index (χ1v) is 7.79. The van der Waals surface area contributed by atoms with Gasteiger partial charge in [0.15, 0.2) is 0 Å². The molecule has 1 heterocycles. The number of aliphatic hydroxyl groups is 2. The summed E-state index contributed by atoms with van der Waals surface area (Å²) in [4.78, 5) is 15.6. The van der Waals surface area contributed by atoms with Gasteiger partial charge in [-0.15, -0.1) is 0 Å². The highest BCUT2D eigenvalue weighted by atomic mass is 35.5. The van der Waals surface area contributed by atoms with Crippen LogP contribution in [0.2, 0.25) is 5.15 Å². The molecule has 2 unspecified atom stereocenters. The van der Waals surface area contributed by atoms with Crippen molar-refractivity contribution in [3.63, 3.8) is 0 Å². The molecule has 2 atom stereocenters. The Morgan fingerprint density at radius 2 is 1.96 bits per heavy atom. The summed E-state index contributed by atoms with van der Waals surface area (Å²) in [7, 11) is 0. The van der Waals surface area contributed by atoms with E-state index in [9.17, 15) is 15.0 Å². The molecule has 1 aromatic heterocycles. The molecule has 0 aliphatic heterocycles. The Bertz CT molecular complexity index is 682. The van der Waals surface area contributed by atoms with Crippen molar-refractivity contribution in [2.45, 2.75) is 25.7 Å². The molecule has 0 saturated heterocycles. The van der Waals surface area contributed by atoms with E-state index in [-0.39, 0.29) is 18.3 Å². The summed E-state index contributed by atoms with van der Waals surface area (Å²) in [5, 5.41) is 22.6. The summed E-state index contributed by atoms with van der Waals surface area (Å²) in [6.45, 7) is 1.71. The summed E-state index contributed by atoms with van der Waals surface area (Å²) in [6, 6.07) is 12.5. The fraction of sp³-hybridized carbons (Fsp3) is 0.294. The van der Waals surface area contributed by atoms with Crippen LogP contribution < -0.4 is 5.32 Å². The lowest BCUT2D eigenvalue weighted by Gasteiger charge is -2.19. The molecule has 6 nitrogen and oxygen atoms in total. The number of alkyl carbamates (subject to hydrolysis) is 1. The lowest BCUT2D eigenvalue weighted by atomic mass is 10.1. The monoisotopic (exact) mass is 350 g/mol. The van der Waals surface area contributed by atoms with Crippen molar-refractivity contribution in [3.05, 3.63) is 64.4 Å². The van der Waals surface area contributed by atoms with E-state index in [1.54, 1.807) is 19.1 Å². The van der Waals surface area contributed by atoms with Crippen molar-refractivity contribution < 1.29 is 19.7 Å². The second-order valence-corrected chi connectivity index (χ2v) is 5.65. The number of amides is 1. The fourth-order valence-electron chi connectivity index (χ4n) is 2.04. The minimum atomic E-state index is -1.26. The number of aryl methyl sites for hydroxylation is 1. The maximum absolute atomic E-state index is 11.6. The van der Waals surface area contributed by atoms with Gasteiger partial charge in [0.25, 0.3) is 0 Å². The van der Waals surface area contributed by atoms with Crippen molar-refractivity contribution in [3.8, 4) is 0 Å². The van der Waals surface area contributed by atoms with E-state index >= 15 is 0 Å². The van der Waals surface area contributed by atoms with E-state index in [1.807, 2.05) is 30.3 Å². The number of halogens is 1. The third kappa shape index (κ3) is 5.19. The number of nitrogens with one attached hydrogen (secondary N) is 1. The number of nitrogens with zero attached hydrogens (tertiary/aromatic N) is 1. The zero-order valence-electron chi connectivity index (χ0n) is 13.1. The van der Waals surface area contributed by atoms with Gasteiger partial charge < -0.3 is 20.3 Å². The largest absolute Gasteiger partial charge is 0.445 e. The van der Waals surface area contributed by atoms with E-state index in [0.29, 0.717) is 11.3 Å². The molecule has 0 saturated carbocycles. The third-order valence-corrected chi connectivity index (χ3v) is 3.67. The molecule has 1 amide bonds. The number of aliphatic hydroxyl groups excluding tert-OH is 2. The van der Waals surface area contributed by atoms with Crippen molar-refractivity contribution in [2.24, 2.45) is 0 Å². The van der Waals surface area contributed by atoms with Gasteiger partial charge in [0.2, 0.25) is 0 Å². The Kier molecular flexibility index (Phi) is 6.54. The van der Waals surface area contributed by atoms with E-state index in [4.69, 9.17) is 16.3 Å². The minimum Gasteiger partial charge on any atom is -0.445 e. The number of hydrogen-bond donors (Lipinski definition) is 3. The first kappa shape index (κ1) is 18.2. The minimum absolute atomic E-state index is 0.119. The van der Waals surface area contributed by atoms with Crippen LogP contribution in [0, 0.1) is 6.92 Å². The predicted octanol–water partition coefficient (Wildman–Crippen LogP) is 2.36. The molecule has 24 heavy (non-hydrogen) atoms. The lowest BCUT2D eigenvalue weighted by Crippen LogP contribution is -2.35. The van der Waals surface area contributed by atoms with Crippen LogP contribution in [0.1, 0.15) is 22.9 Å². The predicted molar refractivity (Wildman–Crippen MR) is 89.6 cm³/mol. The van der Waals surface area contributed by atoms with Gasteiger partial charge in [-0.2, -0.15) is 0 Å². The molecule has 2 aromatic rings. The first-order chi connectivity index (χ1) is 11.5. The Morgan fingerprint density at radius 1 is 1.25 bits per heavy atom. The Balaban J connectivity index is 1.81. The molecule has 0 radical (unpaired) electrons. The molecular weight excluding hydrogens is 332 g/mol. The number of benzene rings is 1. The van der Waals surface area contributed by atoms with Crippen LogP contribution in [-0.2, 0) is 11.3 Å². The second-order valence-electron chi connectivity index (χ2n) is 5.29. The molecule has 0 spiro atoms. The third-order valence-electron chi connectivity index (χ3n) is 3.37. The molecule has 0 fully saturated rings. The van der Waals surface area contributed by atoms with Gasteiger partial charge in [0.1, 0.15) is 24.0 Å². The number of carbonyl (C=O) groups is 1. The van der Waals surface area contributed by atoms with E-state index < -0.39 is 18.3 Å². The molecule has 0 aliphatic carbocycles. The molecule has 3 N–H and O–H groups in total. The summed E-state index contributed by atoms with van der Waals surface area (Å²) < 4.78 is 5.02. The molecule has 128 valence electrons. The molecule has 0 aliphatic rings. The first-order valence-electron chi connectivity index (χ1n) is 7.41. The van der Waals surface area contributed by atoms with Crippen LogP contribution >= 0.6 is 11.6 Å².